The van der Waals surface area contributed by atoms with Gasteiger partial charge in [0.2, 0.25) is 0 Å². The highest BCUT2D eigenvalue weighted by Crippen LogP contribution is 2.26. The predicted molar refractivity (Wildman–Crippen MR) is 71.9 cm³/mol. The number of rotatable bonds is 2. The van der Waals surface area contributed by atoms with Crippen LogP contribution in [0.15, 0.2) is 23.6 Å². The summed E-state index contributed by atoms with van der Waals surface area (Å²) in [5.41, 5.74) is 3.46. The third-order valence-electron chi connectivity index (χ3n) is 2.71. The molecule has 2 aromatic heterocycles. The SMILES string of the molecule is CC(=O)c1csc(-c2ccc3nc(C)[nH]c3c2)n1. The number of benzene rings is 1. The zero-order valence-corrected chi connectivity index (χ0v) is 10.8. The maximum atomic E-state index is 11.2. The molecule has 3 rings (SSSR count). The van der Waals surface area contributed by atoms with Crippen LogP contribution in [0.4, 0.5) is 0 Å². The average Bonchev–Trinajstić information content (AvgIpc) is 2.91. The number of carbonyl (C=O) groups excluding carboxylic acids is 1. The van der Waals surface area contributed by atoms with Gasteiger partial charge in [-0.05, 0) is 25.1 Å². The lowest BCUT2D eigenvalue weighted by atomic mass is 10.2. The summed E-state index contributed by atoms with van der Waals surface area (Å²) in [6, 6.07) is 5.95. The minimum Gasteiger partial charge on any atom is -0.342 e. The molecule has 0 aliphatic rings. The number of hydrogen-bond acceptors (Lipinski definition) is 4. The number of Topliss-reactive ketones (excluding diaryl/α,β-unsaturated/α-hetero) is 1. The lowest BCUT2D eigenvalue weighted by molar-refractivity contribution is 0.101. The maximum Gasteiger partial charge on any atom is 0.178 e. The molecule has 0 spiro atoms. The monoisotopic (exact) mass is 257 g/mol. The van der Waals surface area contributed by atoms with Gasteiger partial charge in [0.1, 0.15) is 16.5 Å². The van der Waals surface area contributed by atoms with Crippen LogP contribution < -0.4 is 0 Å². The Morgan fingerprint density at radius 1 is 1.33 bits per heavy atom. The van der Waals surface area contributed by atoms with E-state index in [2.05, 4.69) is 15.0 Å². The Balaban J connectivity index is 2.09. The van der Waals surface area contributed by atoms with Gasteiger partial charge in [0.25, 0.3) is 0 Å². The molecular weight excluding hydrogens is 246 g/mol. The number of hydrogen-bond donors (Lipinski definition) is 1. The van der Waals surface area contributed by atoms with Crippen LogP contribution >= 0.6 is 11.3 Å². The van der Waals surface area contributed by atoms with Gasteiger partial charge in [0.05, 0.1) is 11.0 Å². The van der Waals surface area contributed by atoms with Crippen molar-refractivity contribution >= 4 is 28.2 Å². The molecule has 0 saturated heterocycles. The third-order valence-corrected chi connectivity index (χ3v) is 3.60. The van der Waals surface area contributed by atoms with E-state index in [0.29, 0.717) is 5.69 Å². The second-order valence-electron chi connectivity index (χ2n) is 4.15. The fourth-order valence-corrected chi connectivity index (χ4v) is 2.69. The van der Waals surface area contributed by atoms with Crippen LogP contribution in [0.25, 0.3) is 21.6 Å². The molecule has 1 N–H and O–H groups in total. The Kier molecular flexibility index (Phi) is 2.48. The topological polar surface area (TPSA) is 58.6 Å². The van der Waals surface area contributed by atoms with Crippen LogP contribution in [0.2, 0.25) is 0 Å². The summed E-state index contributed by atoms with van der Waals surface area (Å²) in [5, 5.41) is 2.65. The Hall–Kier alpha value is -2.01. The van der Waals surface area contributed by atoms with Gasteiger partial charge in [-0.25, -0.2) is 9.97 Å². The summed E-state index contributed by atoms with van der Waals surface area (Å²) in [7, 11) is 0. The zero-order valence-electron chi connectivity index (χ0n) is 10.0. The van der Waals surface area contributed by atoms with Crippen molar-refractivity contribution in [1.82, 2.24) is 15.0 Å². The van der Waals surface area contributed by atoms with E-state index in [1.54, 1.807) is 5.38 Å². The predicted octanol–water partition coefficient (Wildman–Crippen LogP) is 3.20. The quantitative estimate of drug-likeness (QED) is 0.717. The Morgan fingerprint density at radius 2 is 2.17 bits per heavy atom. The number of aryl methyl sites for hydroxylation is 1. The number of thiazole rings is 1. The van der Waals surface area contributed by atoms with E-state index in [4.69, 9.17) is 0 Å². The van der Waals surface area contributed by atoms with Crippen LogP contribution in [0, 0.1) is 6.92 Å². The molecule has 4 nitrogen and oxygen atoms in total. The van der Waals surface area contributed by atoms with Crippen LogP contribution in [-0.4, -0.2) is 20.7 Å². The van der Waals surface area contributed by atoms with Crippen molar-refractivity contribution < 1.29 is 4.79 Å². The van der Waals surface area contributed by atoms with Gasteiger partial charge in [0.15, 0.2) is 5.78 Å². The summed E-state index contributed by atoms with van der Waals surface area (Å²) >= 11 is 1.48. The number of aromatic nitrogens is 3. The number of imidazole rings is 1. The first-order valence-electron chi connectivity index (χ1n) is 5.57. The van der Waals surface area contributed by atoms with Gasteiger partial charge in [-0.1, -0.05) is 0 Å². The van der Waals surface area contributed by atoms with Gasteiger partial charge in [0, 0.05) is 17.9 Å². The first kappa shape index (κ1) is 11.1. The standard InChI is InChI=1S/C13H11N3OS/c1-7(17)12-6-18-13(16-12)9-3-4-10-11(5-9)15-8(2)14-10/h3-6H,1-2H3,(H,14,15). The second-order valence-corrected chi connectivity index (χ2v) is 5.01. The third kappa shape index (κ3) is 1.82. The van der Waals surface area contributed by atoms with Crippen molar-refractivity contribution in [1.29, 1.82) is 0 Å². The van der Waals surface area contributed by atoms with E-state index in [1.165, 1.54) is 18.3 Å². The number of H-pyrrole nitrogens is 1. The molecule has 2 heterocycles. The molecule has 0 aliphatic carbocycles. The van der Waals surface area contributed by atoms with Crippen molar-refractivity contribution in [3.8, 4) is 10.6 Å². The largest absolute Gasteiger partial charge is 0.342 e. The molecule has 0 atom stereocenters. The minimum atomic E-state index is -0.00374. The lowest BCUT2D eigenvalue weighted by Gasteiger charge is -1.95. The molecule has 1 aromatic carbocycles. The van der Waals surface area contributed by atoms with E-state index in [1.807, 2.05) is 25.1 Å². The maximum absolute atomic E-state index is 11.2. The Labute approximate surface area is 108 Å². The number of fused-ring (bicyclic) bond motifs is 1. The van der Waals surface area contributed by atoms with Crippen molar-refractivity contribution in [3.05, 3.63) is 35.1 Å². The molecule has 0 radical (unpaired) electrons. The van der Waals surface area contributed by atoms with E-state index in [9.17, 15) is 4.79 Å². The highest BCUT2D eigenvalue weighted by atomic mass is 32.1. The summed E-state index contributed by atoms with van der Waals surface area (Å²) in [4.78, 5) is 23.1. The van der Waals surface area contributed by atoms with Crippen LogP contribution in [0.3, 0.4) is 0 Å². The van der Waals surface area contributed by atoms with Crippen LogP contribution in [0.5, 0.6) is 0 Å². The summed E-state index contributed by atoms with van der Waals surface area (Å²) in [6.45, 7) is 3.46. The van der Waals surface area contributed by atoms with Crippen molar-refractivity contribution in [3.63, 3.8) is 0 Å². The average molecular weight is 257 g/mol. The van der Waals surface area contributed by atoms with Gasteiger partial charge in [-0.15, -0.1) is 11.3 Å². The number of carbonyl (C=O) groups is 1. The van der Waals surface area contributed by atoms with E-state index < -0.39 is 0 Å². The highest BCUT2D eigenvalue weighted by molar-refractivity contribution is 7.13. The van der Waals surface area contributed by atoms with Crippen LogP contribution in [0.1, 0.15) is 23.2 Å². The minimum absolute atomic E-state index is 0.00374. The summed E-state index contributed by atoms with van der Waals surface area (Å²) in [6.07, 6.45) is 0. The summed E-state index contributed by atoms with van der Waals surface area (Å²) in [5.74, 6) is 0.890. The normalized spacial score (nSPS) is 11.0. The van der Waals surface area contributed by atoms with Gasteiger partial charge in [-0.3, -0.25) is 4.79 Å². The first-order chi connectivity index (χ1) is 8.63. The van der Waals surface area contributed by atoms with E-state index in [-0.39, 0.29) is 5.78 Å². The molecule has 0 bridgehead atoms. The number of ketones is 1. The smallest absolute Gasteiger partial charge is 0.178 e. The zero-order chi connectivity index (χ0) is 12.7. The van der Waals surface area contributed by atoms with E-state index in [0.717, 1.165) is 27.4 Å². The fourth-order valence-electron chi connectivity index (χ4n) is 1.84. The van der Waals surface area contributed by atoms with Gasteiger partial charge in [-0.2, -0.15) is 0 Å². The van der Waals surface area contributed by atoms with E-state index >= 15 is 0 Å². The molecule has 0 aliphatic heterocycles. The lowest BCUT2D eigenvalue weighted by Crippen LogP contribution is -1.91. The van der Waals surface area contributed by atoms with Crippen molar-refractivity contribution in [2.45, 2.75) is 13.8 Å². The molecule has 0 amide bonds. The molecule has 18 heavy (non-hydrogen) atoms. The first-order valence-corrected chi connectivity index (χ1v) is 6.44. The molecule has 0 saturated carbocycles. The number of nitrogens with zero attached hydrogens (tertiary/aromatic N) is 2. The molecule has 5 heteroatoms. The molecule has 90 valence electrons. The van der Waals surface area contributed by atoms with Crippen molar-refractivity contribution in [2.75, 3.05) is 0 Å². The Bertz CT molecular complexity index is 742. The number of nitrogens with one attached hydrogen (secondary N) is 1. The van der Waals surface area contributed by atoms with Gasteiger partial charge < -0.3 is 4.98 Å². The summed E-state index contributed by atoms with van der Waals surface area (Å²) < 4.78 is 0. The second kappa shape index (κ2) is 4.03. The fraction of sp³-hybridized carbons (Fsp3) is 0.154. The molecular formula is C13H11N3OS. The molecule has 0 fully saturated rings. The highest BCUT2D eigenvalue weighted by Gasteiger charge is 2.09. The molecule has 3 aromatic rings. The van der Waals surface area contributed by atoms with Gasteiger partial charge >= 0.3 is 0 Å². The van der Waals surface area contributed by atoms with Crippen molar-refractivity contribution in [2.24, 2.45) is 0 Å². The number of aromatic amines is 1. The Morgan fingerprint density at radius 3 is 2.89 bits per heavy atom. The molecule has 0 unspecified atom stereocenters. The van der Waals surface area contributed by atoms with Crippen LogP contribution in [-0.2, 0) is 0 Å².